The molecule has 0 saturated carbocycles. The van der Waals surface area contributed by atoms with Gasteiger partial charge in [-0.3, -0.25) is 0 Å². The number of hydrogen-bond acceptors (Lipinski definition) is 3. The summed E-state index contributed by atoms with van der Waals surface area (Å²) in [5.41, 5.74) is 6.29. The SMILES string of the molecule is NCc1cc(F)c(OCc2cccc(O)c2)c(F)c1. The predicted molar refractivity (Wildman–Crippen MR) is 66.7 cm³/mol. The molecular formula is C14H13F2NO2. The van der Waals surface area contributed by atoms with Crippen molar-refractivity contribution in [3.8, 4) is 11.5 Å². The standard InChI is InChI=1S/C14H13F2NO2/c15-12-5-10(7-17)6-13(16)14(12)19-8-9-2-1-3-11(18)4-9/h1-6,18H,7-8,17H2. The summed E-state index contributed by atoms with van der Waals surface area (Å²) in [6.07, 6.45) is 0. The highest BCUT2D eigenvalue weighted by Crippen LogP contribution is 2.24. The first-order chi connectivity index (χ1) is 9.10. The van der Waals surface area contributed by atoms with E-state index in [9.17, 15) is 13.9 Å². The number of benzene rings is 2. The highest BCUT2D eigenvalue weighted by molar-refractivity contribution is 5.32. The highest BCUT2D eigenvalue weighted by Gasteiger charge is 2.12. The lowest BCUT2D eigenvalue weighted by Crippen LogP contribution is -2.03. The van der Waals surface area contributed by atoms with Crippen LogP contribution in [0.3, 0.4) is 0 Å². The van der Waals surface area contributed by atoms with Crippen LogP contribution in [-0.4, -0.2) is 5.11 Å². The number of hydrogen-bond donors (Lipinski definition) is 2. The maximum Gasteiger partial charge on any atom is 0.191 e. The van der Waals surface area contributed by atoms with Crippen LogP contribution >= 0.6 is 0 Å². The second-order valence-electron chi connectivity index (χ2n) is 4.05. The fraction of sp³-hybridized carbons (Fsp3) is 0.143. The molecule has 0 spiro atoms. The van der Waals surface area contributed by atoms with Gasteiger partial charge >= 0.3 is 0 Å². The molecule has 0 radical (unpaired) electrons. The van der Waals surface area contributed by atoms with Gasteiger partial charge in [0.25, 0.3) is 0 Å². The fourth-order valence-electron chi connectivity index (χ4n) is 1.67. The predicted octanol–water partition coefficient (Wildman–Crippen LogP) is 2.71. The third kappa shape index (κ3) is 3.20. The molecule has 0 amide bonds. The summed E-state index contributed by atoms with van der Waals surface area (Å²) in [7, 11) is 0. The first-order valence-electron chi connectivity index (χ1n) is 5.69. The topological polar surface area (TPSA) is 55.5 Å². The lowest BCUT2D eigenvalue weighted by Gasteiger charge is -2.10. The van der Waals surface area contributed by atoms with Crippen molar-refractivity contribution in [3.05, 3.63) is 59.2 Å². The molecule has 100 valence electrons. The smallest absolute Gasteiger partial charge is 0.191 e. The lowest BCUT2D eigenvalue weighted by molar-refractivity contribution is 0.273. The van der Waals surface area contributed by atoms with Crippen molar-refractivity contribution in [1.82, 2.24) is 0 Å². The van der Waals surface area contributed by atoms with E-state index < -0.39 is 17.4 Å². The van der Waals surface area contributed by atoms with E-state index in [-0.39, 0.29) is 18.9 Å². The number of aromatic hydroxyl groups is 1. The summed E-state index contributed by atoms with van der Waals surface area (Å²) in [5.74, 6) is -1.96. The Morgan fingerprint density at radius 2 is 1.74 bits per heavy atom. The molecule has 3 N–H and O–H groups in total. The molecule has 0 fully saturated rings. The molecule has 2 aromatic carbocycles. The molecule has 0 bridgehead atoms. The summed E-state index contributed by atoms with van der Waals surface area (Å²) < 4.78 is 32.3. The van der Waals surface area contributed by atoms with Crippen molar-refractivity contribution in [3.63, 3.8) is 0 Å². The molecule has 0 aliphatic rings. The Morgan fingerprint density at radius 1 is 1.05 bits per heavy atom. The zero-order chi connectivity index (χ0) is 13.8. The van der Waals surface area contributed by atoms with Gasteiger partial charge < -0.3 is 15.6 Å². The molecule has 5 heteroatoms. The normalized spacial score (nSPS) is 10.5. The van der Waals surface area contributed by atoms with Gasteiger partial charge in [0.15, 0.2) is 17.4 Å². The van der Waals surface area contributed by atoms with Crippen LogP contribution in [0.1, 0.15) is 11.1 Å². The molecule has 0 aliphatic heterocycles. The maximum atomic E-state index is 13.6. The lowest BCUT2D eigenvalue weighted by atomic mass is 10.2. The van der Waals surface area contributed by atoms with Crippen LogP contribution in [0.2, 0.25) is 0 Å². The first kappa shape index (κ1) is 13.3. The van der Waals surface area contributed by atoms with Crippen molar-refractivity contribution in [1.29, 1.82) is 0 Å². The second-order valence-corrected chi connectivity index (χ2v) is 4.05. The maximum absolute atomic E-state index is 13.6. The van der Waals surface area contributed by atoms with Gasteiger partial charge in [0, 0.05) is 6.54 Å². The van der Waals surface area contributed by atoms with Crippen molar-refractivity contribution in [2.45, 2.75) is 13.2 Å². The highest BCUT2D eigenvalue weighted by atomic mass is 19.1. The number of phenolic OH excluding ortho intramolecular Hbond substituents is 1. The number of halogens is 2. The molecular weight excluding hydrogens is 252 g/mol. The number of phenols is 1. The molecule has 3 nitrogen and oxygen atoms in total. The Balaban J connectivity index is 2.16. The molecule has 19 heavy (non-hydrogen) atoms. The summed E-state index contributed by atoms with van der Waals surface area (Å²) in [4.78, 5) is 0. The van der Waals surface area contributed by atoms with Gasteiger partial charge in [-0.1, -0.05) is 12.1 Å². The van der Waals surface area contributed by atoms with Crippen LogP contribution in [0.4, 0.5) is 8.78 Å². The third-order valence-electron chi connectivity index (χ3n) is 2.59. The van der Waals surface area contributed by atoms with Gasteiger partial charge in [-0.05, 0) is 35.4 Å². The zero-order valence-electron chi connectivity index (χ0n) is 10.1. The van der Waals surface area contributed by atoms with Gasteiger partial charge in [0.05, 0.1) is 0 Å². The minimum Gasteiger partial charge on any atom is -0.508 e. The van der Waals surface area contributed by atoms with Gasteiger partial charge in [-0.25, -0.2) is 8.78 Å². The van der Waals surface area contributed by atoms with E-state index in [4.69, 9.17) is 10.5 Å². The van der Waals surface area contributed by atoms with Gasteiger partial charge in [0.2, 0.25) is 0 Å². The van der Waals surface area contributed by atoms with Crippen LogP contribution in [0.15, 0.2) is 36.4 Å². The average molecular weight is 265 g/mol. The Morgan fingerprint density at radius 3 is 2.32 bits per heavy atom. The van der Waals surface area contributed by atoms with Gasteiger partial charge in [0.1, 0.15) is 12.4 Å². The fourth-order valence-corrected chi connectivity index (χ4v) is 1.67. The van der Waals surface area contributed by atoms with Crippen molar-refractivity contribution < 1.29 is 18.6 Å². The van der Waals surface area contributed by atoms with Crippen molar-refractivity contribution in [2.75, 3.05) is 0 Å². The summed E-state index contributed by atoms with van der Waals surface area (Å²) in [5, 5.41) is 9.27. The van der Waals surface area contributed by atoms with Crippen LogP contribution in [-0.2, 0) is 13.2 Å². The number of nitrogens with two attached hydrogens (primary N) is 1. The molecule has 0 aromatic heterocycles. The largest absolute Gasteiger partial charge is 0.508 e. The quantitative estimate of drug-likeness (QED) is 0.893. The Bertz CT molecular complexity index is 564. The summed E-state index contributed by atoms with van der Waals surface area (Å²) in [6.45, 7) is 0.0187. The third-order valence-corrected chi connectivity index (χ3v) is 2.59. The second kappa shape index (κ2) is 5.67. The molecule has 0 heterocycles. The van der Waals surface area contributed by atoms with Gasteiger partial charge in [-0.2, -0.15) is 0 Å². The molecule has 2 rings (SSSR count). The van der Waals surface area contributed by atoms with E-state index in [1.54, 1.807) is 12.1 Å². The summed E-state index contributed by atoms with van der Waals surface area (Å²) in [6, 6.07) is 8.55. The van der Waals surface area contributed by atoms with E-state index in [1.165, 1.54) is 12.1 Å². The molecule has 2 aromatic rings. The van der Waals surface area contributed by atoms with Gasteiger partial charge in [-0.15, -0.1) is 0 Å². The number of rotatable bonds is 4. The van der Waals surface area contributed by atoms with Crippen molar-refractivity contribution >= 4 is 0 Å². The molecule has 0 atom stereocenters. The molecule has 0 saturated heterocycles. The zero-order valence-corrected chi connectivity index (χ0v) is 10.1. The molecule has 0 unspecified atom stereocenters. The summed E-state index contributed by atoms with van der Waals surface area (Å²) >= 11 is 0. The minimum atomic E-state index is -0.791. The van der Waals surface area contributed by atoms with Crippen LogP contribution in [0, 0.1) is 11.6 Å². The van der Waals surface area contributed by atoms with E-state index in [0.29, 0.717) is 11.1 Å². The average Bonchev–Trinajstić information content (AvgIpc) is 2.37. The molecule has 0 aliphatic carbocycles. The first-order valence-corrected chi connectivity index (χ1v) is 5.69. The van der Waals surface area contributed by atoms with Crippen LogP contribution in [0.5, 0.6) is 11.5 Å². The van der Waals surface area contributed by atoms with E-state index in [0.717, 1.165) is 12.1 Å². The Kier molecular flexibility index (Phi) is 3.97. The minimum absolute atomic E-state index is 0.0375. The Hall–Kier alpha value is -2.14. The number of ether oxygens (including phenoxy) is 1. The van der Waals surface area contributed by atoms with E-state index in [1.807, 2.05) is 0 Å². The Labute approximate surface area is 109 Å². The monoisotopic (exact) mass is 265 g/mol. The van der Waals surface area contributed by atoms with Crippen LogP contribution < -0.4 is 10.5 Å². The van der Waals surface area contributed by atoms with E-state index >= 15 is 0 Å². The van der Waals surface area contributed by atoms with E-state index in [2.05, 4.69) is 0 Å². The van der Waals surface area contributed by atoms with Crippen LogP contribution in [0.25, 0.3) is 0 Å². The van der Waals surface area contributed by atoms with Crippen molar-refractivity contribution in [2.24, 2.45) is 5.73 Å².